The van der Waals surface area contributed by atoms with Gasteiger partial charge < -0.3 is 10.1 Å². The number of rotatable bonds is 1. The van der Waals surface area contributed by atoms with E-state index in [9.17, 15) is 8.78 Å². The zero-order valence-electron chi connectivity index (χ0n) is 8.00. The van der Waals surface area contributed by atoms with E-state index in [4.69, 9.17) is 4.74 Å². The highest BCUT2D eigenvalue weighted by atomic mass is 35.5. The second-order valence-corrected chi connectivity index (χ2v) is 3.25. The summed E-state index contributed by atoms with van der Waals surface area (Å²) in [4.78, 5) is 0. The Bertz CT molecular complexity index is 329. The lowest BCUT2D eigenvalue weighted by atomic mass is 10.1. The van der Waals surface area contributed by atoms with Crippen molar-refractivity contribution < 1.29 is 13.5 Å². The molecule has 0 saturated carbocycles. The van der Waals surface area contributed by atoms with Crippen LogP contribution in [0.3, 0.4) is 0 Å². The Kier molecular flexibility index (Phi) is 4.45. The van der Waals surface area contributed by atoms with Crippen LogP contribution in [0.2, 0.25) is 0 Å². The minimum atomic E-state index is -0.422. The Morgan fingerprint density at radius 3 is 2.80 bits per heavy atom. The molecule has 1 saturated heterocycles. The molecule has 2 nitrogen and oxygen atoms in total. The molecule has 0 aromatic heterocycles. The van der Waals surface area contributed by atoms with Crippen molar-refractivity contribution in [3.05, 3.63) is 35.4 Å². The van der Waals surface area contributed by atoms with Gasteiger partial charge in [-0.2, -0.15) is 0 Å². The van der Waals surface area contributed by atoms with Crippen molar-refractivity contribution >= 4 is 12.4 Å². The quantitative estimate of drug-likeness (QED) is 0.805. The van der Waals surface area contributed by atoms with E-state index in [1.54, 1.807) is 0 Å². The molecule has 0 bridgehead atoms. The van der Waals surface area contributed by atoms with Crippen LogP contribution in [0.15, 0.2) is 18.2 Å². The number of hydrogen-bond donors (Lipinski definition) is 1. The van der Waals surface area contributed by atoms with E-state index in [1.807, 2.05) is 0 Å². The molecular weight excluding hydrogens is 224 g/mol. The Labute approximate surface area is 93.0 Å². The third-order valence-corrected chi connectivity index (χ3v) is 2.26. The van der Waals surface area contributed by atoms with Crippen molar-refractivity contribution in [2.24, 2.45) is 0 Å². The maximum atomic E-state index is 13.3. The molecule has 1 fully saturated rings. The smallest absolute Gasteiger partial charge is 0.128 e. The van der Waals surface area contributed by atoms with Gasteiger partial charge in [0.2, 0.25) is 0 Å². The minimum Gasteiger partial charge on any atom is -0.378 e. The van der Waals surface area contributed by atoms with Crippen LogP contribution in [0.5, 0.6) is 0 Å². The zero-order chi connectivity index (χ0) is 9.97. The molecular formula is C10H12ClF2NO. The molecule has 5 heteroatoms. The zero-order valence-corrected chi connectivity index (χ0v) is 8.82. The van der Waals surface area contributed by atoms with E-state index in [-0.39, 0.29) is 18.4 Å². The highest BCUT2D eigenvalue weighted by Gasteiger charge is 2.18. The molecule has 1 aliphatic heterocycles. The Morgan fingerprint density at radius 2 is 2.13 bits per heavy atom. The SMILES string of the molecule is Cl.Fc1ccc(F)c([C@H]2COCCN2)c1. The maximum absolute atomic E-state index is 13.3. The molecule has 1 N–H and O–H groups in total. The molecule has 0 unspecified atom stereocenters. The molecule has 2 rings (SSSR count). The molecule has 1 heterocycles. The van der Waals surface area contributed by atoms with E-state index in [0.717, 1.165) is 12.1 Å². The van der Waals surface area contributed by atoms with Gasteiger partial charge in [-0.1, -0.05) is 0 Å². The number of hydrogen-bond acceptors (Lipinski definition) is 2. The van der Waals surface area contributed by atoms with Gasteiger partial charge >= 0.3 is 0 Å². The Morgan fingerprint density at radius 1 is 1.33 bits per heavy atom. The van der Waals surface area contributed by atoms with Crippen LogP contribution in [0.4, 0.5) is 8.78 Å². The summed E-state index contributed by atoms with van der Waals surface area (Å²) in [7, 11) is 0. The Hall–Kier alpha value is -0.710. The van der Waals surface area contributed by atoms with E-state index in [0.29, 0.717) is 25.3 Å². The molecule has 1 atom stereocenters. The van der Waals surface area contributed by atoms with Gasteiger partial charge in [-0.05, 0) is 18.2 Å². The first-order valence-corrected chi connectivity index (χ1v) is 4.53. The average molecular weight is 236 g/mol. The summed E-state index contributed by atoms with van der Waals surface area (Å²) in [6, 6.07) is 3.23. The lowest BCUT2D eigenvalue weighted by Gasteiger charge is -2.24. The van der Waals surface area contributed by atoms with E-state index < -0.39 is 11.6 Å². The third-order valence-electron chi connectivity index (χ3n) is 2.26. The number of nitrogens with one attached hydrogen (secondary N) is 1. The highest BCUT2D eigenvalue weighted by Crippen LogP contribution is 2.20. The predicted octanol–water partition coefficient (Wildman–Crippen LogP) is 2.05. The van der Waals surface area contributed by atoms with Crippen LogP contribution >= 0.6 is 12.4 Å². The molecule has 0 aliphatic carbocycles. The molecule has 0 spiro atoms. The number of ether oxygens (including phenoxy) is 1. The predicted molar refractivity (Wildman–Crippen MR) is 55.2 cm³/mol. The topological polar surface area (TPSA) is 21.3 Å². The van der Waals surface area contributed by atoms with Crippen molar-refractivity contribution in [1.29, 1.82) is 0 Å². The fraction of sp³-hybridized carbons (Fsp3) is 0.400. The summed E-state index contributed by atoms with van der Waals surface area (Å²) in [5.74, 6) is -0.817. The van der Waals surface area contributed by atoms with Crippen LogP contribution < -0.4 is 5.32 Å². The fourth-order valence-electron chi connectivity index (χ4n) is 1.55. The lowest BCUT2D eigenvalue weighted by molar-refractivity contribution is 0.0756. The van der Waals surface area contributed by atoms with Crippen LogP contribution in [0, 0.1) is 11.6 Å². The lowest BCUT2D eigenvalue weighted by Crippen LogP contribution is -2.35. The molecule has 15 heavy (non-hydrogen) atoms. The molecule has 1 aliphatic rings. The summed E-state index contributed by atoms with van der Waals surface area (Å²) in [5, 5.41) is 3.07. The van der Waals surface area contributed by atoms with Gasteiger partial charge in [-0.25, -0.2) is 8.78 Å². The van der Waals surface area contributed by atoms with E-state index in [2.05, 4.69) is 5.32 Å². The van der Waals surface area contributed by atoms with Gasteiger partial charge in [0.05, 0.1) is 19.3 Å². The van der Waals surface area contributed by atoms with Crippen LogP contribution in [0.25, 0.3) is 0 Å². The second kappa shape index (κ2) is 5.39. The van der Waals surface area contributed by atoms with Crippen LogP contribution in [-0.4, -0.2) is 19.8 Å². The number of morpholine rings is 1. The molecule has 1 aromatic rings. The van der Waals surface area contributed by atoms with Gasteiger partial charge in [0, 0.05) is 12.1 Å². The summed E-state index contributed by atoms with van der Waals surface area (Å²) in [5.41, 5.74) is 0.338. The maximum Gasteiger partial charge on any atom is 0.128 e. The monoisotopic (exact) mass is 235 g/mol. The fourth-order valence-corrected chi connectivity index (χ4v) is 1.55. The highest BCUT2D eigenvalue weighted by molar-refractivity contribution is 5.85. The summed E-state index contributed by atoms with van der Waals surface area (Å²) in [6.45, 7) is 1.68. The summed E-state index contributed by atoms with van der Waals surface area (Å²) >= 11 is 0. The molecule has 0 amide bonds. The van der Waals surface area contributed by atoms with Gasteiger partial charge in [0.25, 0.3) is 0 Å². The van der Waals surface area contributed by atoms with Gasteiger partial charge in [0.1, 0.15) is 11.6 Å². The van der Waals surface area contributed by atoms with Crippen molar-refractivity contribution in [1.82, 2.24) is 5.32 Å². The first-order chi connectivity index (χ1) is 6.77. The number of benzene rings is 1. The van der Waals surface area contributed by atoms with E-state index in [1.165, 1.54) is 6.07 Å². The van der Waals surface area contributed by atoms with Crippen molar-refractivity contribution in [2.45, 2.75) is 6.04 Å². The van der Waals surface area contributed by atoms with Crippen molar-refractivity contribution in [3.8, 4) is 0 Å². The van der Waals surface area contributed by atoms with Crippen molar-refractivity contribution in [2.75, 3.05) is 19.8 Å². The van der Waals surface area contributed by atoms with Gasteiger partial charge in [-0.15, -0.1) is 12.4 Å². The molecule has 1 aromatic carbocycles. The summed E-state index contributed by atoms with van der Waals surface area (Å²) < 4.78 is 31.3. The largest absolute Gasteiger partial charge is 0.378 e. The van der Waals surface area contributed by atoms with Gasteiger partial charge in [0.15, 0.2) is 0 Å². The van der Waals surface area contributed by atoms with Crippen LogP contribution in [-0.2, 0) is 4.74 Å². The standard InChI is InChI=1S/C10H11F2NO.ClH/c11-7-1-2-9(12)8(5-7)10-6-14-4-3-13-10;/h1-2,5,10,13H,3-4,6H2;1H/t10-;/m1./s1. The second-order valence-electron chi connectivity index (χ2n) is 3.25. The normalized spacial score (nSPS) is 20.8. The first kappa shape index (κ1) is 12.4. The van der Waals surface area contributed by atoms with Crippen molar-refractivity contribution in [3.63, 3.8) is 0 Å². The third kappa shape index (κ3) is 2.87. The summed E-state index contributed by atoms with van der Waals surface area (Å²) in [6.07, 6.45) is 0. The van der Waals surface area contributed by atoms with E-state index >= 15 is 0 Å². The van der Waals surface area contributed by atoms with Gasteiger partial charge in [-0.3, -0.25) is 0 Å². The average Bonchev–Trinajstić information content (AvgIpc) is 2.23. The Balaban J connectivity index is 0.00000112. The number of halogens is 3. The minimum absolute atomic E-state index is 0. The molecule has 84 valence electrons. The molecule has 0 radical (unpaired) electrons. The first-order valence-electron chi connectivity index (χ1n) is 4.53. The van der Waals surface area contributed by atoms with Crippen LogP contribution in [0.1, 0.15) is 11.6 Å².